The first-order valence-corrected chi connectivity index (χ1v) is 5.33. The SMILES string of the molecule is [SbH][CH2]C1CSC1. The zero-order valence-electron chi connectivity index (χ0n) is 3.61. The van der Waals surface area contributed by atoms with E-state index in [1.807, 2.05) is 0 Å². The summed E-state index contributed by atoms with van der Waals surface area (Å²) >= 11 is 3.80. The van der Waals surface area contributed by atoms with E-state index in [1.54, 1.807) is 23.0 Å². The van der Waals surface area contributed by atoms with Crippen molar-refractivity contribution in [3.63, 3.8) is 0 Å². The molecule has 6 heavy (non-hydrogen) atoms. The molecule has 0 N–H and O–H groups in total. The van der Waals surface area contributed by atoms with E-state index in [2.05, 4.69) is 11.8 Å². The summed E-state index contributed by atoms with van der Waals surface area (Å²) < 4.78 is 1.49. The van der Waals surface area contributed by atoms with Crippen LogP contribution in [-0.4, -0.2) is 34.5 Å². The van der Waals surface area contributed by atoms with Gasteiger partial charge in [-0.25, -0.2) is 0 Å². The molecule has 1 rings (SSSR count). The maximum atomic E-state index is 2.08. The van der Waals surface area contributed by atoms with Crippen molar-refractivity contribution in [3.8, 4) is 0 Å². The Balaban J connectivity index is 2.01. The van der Waals surface area contributed by atoms with Crippen LogP contribution in [0, 0.1) is 5.92 Å². The fourth-order valence-electron chi connectivity index (χ4n) is 0.402. The molecule has 1 fully saturated rings. The average molecular weight is 210 g/mol. The maximum absolute atomic E-state index is 2.08. The van der Waals surface area contributed by atoms with Crippen molar-refractivity contribution in [3.05, 3.63) is 0 Å². The zero-order chi connectivity index (χ0) is 4.41. The van der Waals surface area contributed by atoms with Crippen molar-refractivity contribution in [2.24, 2.45) is 5.92 Å². The molecule has 35 valence electrons. The molecule has 0 aliphatic carbocycles. The molecule has 1 aliphatic heterocycles. The second-order valence-electron chi connectivity index (χ2n) is 1.61. The first-order chi connectivity index (χ1) is 2.93. The van der Waals surface area contributed by atoms with Gasteiger partial charge < -0.3 is 0 Å². The summed E-state index contributed by atoms with van der Waals surface area (Å²) in [5.41, 5.74) is 0. The summed E-state index contributed by atoms with van der Waals surface area (Å²) in [4.78, 5) is 0. The first kappa shape index (κ1) is 5.31. The van der Waals surface area contributed by atoms with Crippen molar-refractivity contribution in [2.45, 2.75) is 4.37 Å². The van der Waals surface area contributed by atoms with Gasteiger partial charge in [0.05, 0.1) is 0 Å². The van der Waals surface area contributed by atoms with Crippen LogP contribution in [0.15, 0.2) is 0 Å². The Morgan fingerprint density at radius 1 is 1.67 bits per heavy atom. The number of thioether (sulfide) groups is 1. The van der Waals surface area contributed by atoms with E-state index in [4.69, 9.17) is 0 Å². The van der Waals surface area contributed by atoms with Crippen LogP contribution >= 0.6 is 11.8 Å². The average Bonchev–Trinajstić information content (AvgIpc) is 1.31. The fraction of sp³-hybridized carbons (Fsp3) is 1.00. The number of hydrogen-bond donors (Lipinski definition) is 0. The van der Waals surface area contributed by atoms with Crippen LogP contribution < -0.4 is 0 Å². The van der Waals surface area contributed by atoms with Crippen LogP contribution in [0.1, 0.15) is 0 Å². The molecule has 0 atom stereocenters. The van der Waals surface area contributed by atoms with E-state index in [1.165, 1.54) is 15.9 Å². The van der Waals surface area contributed by atoms with Crippen LogP contribution in [0.4, 0.5) is 0 Å². The molecule has 0 unspecified atom stereocenters. The van der Waals surface area contributed by atoms with Gasteiger partial charge in [-0.2, -0.15) is 0 Å². The van der Waals surface area contributed by atoms with E-state index >= 15 is 0 Å². The molecular weight excluding hydrogens is 202 g/mol. The Kier molecular flexibility index (Phi) is 2.18. The van der Waals surface area contributed by atoms with E-state index < -0.39 is 0 Å². The summed E-state index contributed by atoms with van der Waals surface area (Å²) in [6.45, 7) is 0. The Labute approximate surface area is 56.6 Å². The van der Waals surface area contributed by atoms with E-state index in [9.17, 15) is 0 Å². The predicted molar refractivity (Wildman–Crippen MR) is 32.8 cm³/mol. The van der Waals surface area contributed by atoms with Gasteiger partial charge in [0.25, 0.3) is 0 Å². The molecule has 1 heterocycles. The van der Waals surface area contributed by atoms with Gasteiger partial charge in [-0.15, -0.1) is 0 Å². The first-order valence-electron chi connectivity index (χ1n) is 2.16. The fourth-order valence-corrected chi connectivity index (χ4v) is 3.23. The molecule has 0 bridgehead atoms. The topological polar surface area (TPSA) is 0 Å². The van der Waals surface area contributed by atoms with E-state index in [0.717, 1.165) is 5.92 Å². The molecule has 0 aromatic heterocycles. The Bertz CT molecular complexity index is 40.1. The molecule has 0 spiro atoms. The minimum absolute atomic E-state index is 1.12. The van der Waals surface area contributed by atoms with Gasteiger partial charge in [0, 0.05) is 0 Å². The second-order valence-corrected chi connectivity index (χ2v) is 3.85. The van der Waals surface area contributed by atoms with Crippen molar-refractivity contribution in [1.29, 1.82) is 0 Å². The standard InChI is InChI=1S/C4H7S.Sb.H/c1-4-2-5-3-4;;/h4H,1-3H2;;. The molecule has 0 aromatic carbocycles. The van der Waals surface area contributed by atoms with Crippen LogP contribution in [0.5, 0.6) is 0 Å². The molecule has 0 aromatic rings. The van der Waals surface area contributed by atoms with Gasteiger partial charge in [0.15, 0.2) is 0 Å². The summed E-state index contributed by atoms with van der Waals surface area (Å²) in [6.07, 6.45) is 0. The molecule has 0 amide bonds. The molecular formula is C4H8SSb. The molecule has 1 radical (unpaired) electrons. The van der Waals surface area contributed by atoms with Gasteiger partial charge in [0.2, 0.25) is 0 Å². The summed E-state index contributed by atoms with van der Waals surface area (Å²) in [5, 5.41) is 0. The van der Waals surface area contributed by atoms with Crippen molar-refractivity contribution in [1.82, 2.24) is 0 Å². The van der Waals surface area contributed by atoms with E-state index in [-0.39, 0.29) is 0 Å². The normalized spacial score (nSPS) is 23.5. The van der Waals surface area contributed by atoms with Gasteiger partial charge in [-0.05, 0) is 0 Å². The summed E-state index contributed by atoms with van der Waals surface area (Å²) in [5.74, 6) is 4.02. The van der Waals surface area contributed by atoms with Crippen LogP contribution in [-0.2, 0) is 0 Å². The monoisotopic (exact) mass is 209 g/mol. The number of rotatable bonds is 1. The van der Waals surface area contributed by atoms with Gasteiger partial charge >= 0.3 is 56.6 Å². The quantitative estimate of drug-likeness (QED) is 0.573. The van der Waals surface area contributed by atoms with Crippen LogP contribution in [0.2, 0.25) is 4.37 Å². The second kappa shape index (κ2) is 2.47. The van der Waals surface area contributed by atoms with Crippen molar-refractivity contribution in [2.75, 3.05) is 11.5 Å². The molecule has 0 saturated carbocycles. The summed E-state index contributed by atoms with van der Waals surface area (Å²) in [6, 6.07) is 0. The molecule has 1 aliphatic rings. The molecule has 1 saturated heterocycles. The molecule has 2 heteroatoms. The predicted octanol–water partition coefficient (Wildman–Crippen LogP) is 0.668. The van der Waals surface area contributed by atoms with Crippen LogP contribution in [0.3, 0.4) is 0 Å². The van der Waals surface area contributed by atoms with Gasteiger partial charge in [-0.3, -0.25) is 0 Å². The summed E-state index contributed by atoms with van der Waals surface area (Å²) in [7, 11) is 0. The Morgan fingerprint density at radius 3 is 2.33 bits per heavy atom. The molecule has 0 nitrogen and oxygen atoms in total. The Hall–Kier alpha value is 1.17. The minimum atomic E-state index is 1.12. The Morgan fingerprint density at radius 2 is 2.33 bits per heavy atom. The van der Waals surface area contributed by atoms with E-state index in [0.29, 0.717) is 0 Å². The van der Waals surface area contributed by atoms with Crippen LogP contribution in [0.25, 0.3) is 0 Å². The van der Waals surface area contributed by atoms with Gasteiger partial charge in [-0.1, -0.05) is 0 Å². The van der Waals surface area contributed by atoms with Crippen molar-refractivity contribution >= 4 is 34.8 Å². The van der Waals surface area contributed by atoms with Gasteiger partial charge in [0.1, 0.15) is 0 Å². The third kappa shape index (κ3) is 1.07. The number of hydrogen-bond acceptors (Lipinski definition) is 1. The third-order valence-corrected chi connectivity index (χ3v) is 4.06. The zero-order valence-corrected chi connectivity index (χ0v) is 7.28. The van der Waals surface area contributed by atoms with Crippen molar-refractivity contribution < 1.29 is 0 Å². The third-order valence-electron chi connectivity index (χ3n) is 0.996.